The van der Waals surface area contributed by atoms with Crippen LogP contribution in [-0.4, -0.2) is 73.8 Å². The Kier molecular flexibility index (Phi) is 5.63. The summed E-state index contributed by atoms with van der Waals surface area (Å²) in [7, 11) is 0. The van der Waals surface area contributed by atoms with Gasteiger partial charge in [-0.05, 0) is 30.5 Å². The number of hydrogen-bond acceptors (Lipinski definition) is 6. The predicted molar refractivity (Wildman–Crippen MR) is 98.6 cm³/mol. The zero-order chi connectivity index (χ0) is 18.6. The molecule has 4 rings (SSSR count). The number of halogens is 2. The van der Waals surface area contributed by atoms with Crippen LogP contribution in [0.1, 0.15) is 6.42 Å². The molecule has 2 saturated heterocycles. The summed E-state index contributed by atoms with van der Waals surface area (Å²) in [5, 5.41) is 0.668. The molecule has 0 aliphatic carbocycles. The lowest BCUT2D eigenvalue weighted by atomic mass is 10.1. The van der Waals surface area contributed by atoms with Crippen molar-refractivity contribution in [3.8, 4) is 5.88 Å². The molecule has 6 nitrogen and oxygen atoms in total. The number of alkyl halides is 2. The van der Waals surface area contributed by atoms with E-state index in [0.717, 1.165) is 58.0 Å². The van der Waals surface area contributed by atoms with Crippen LogP contribution in [0.2, 0.25) is 0 Å². The maximum Gasteiger partial charge on any atom is 0.272 e. The molecule has 2 aliphatic heterocycles. The molecule has 0 N–H and O–H groups in total. The predicted octanol–water partition coefficient (Wildman–Crippen LogP) is 2.43. The van der Waals surface area contributed by atoms with E-state index in [1.807, 2.05) is 18.2 Å². The third kappa shape index (κ3) is 4.44. The molecule has 1 unspecified atom stereocenters. The Bertz CT molecular complexity index is 762. The number of anilines is 1. The van der Waals surface area contributed by atoms with Crippen LogP contribution in [0, 0.1) is 5.92 Å². The smallest absolute Gasteiger partial charge is 0.272 e. The first-order valence-corrected chi connectivity index (χ1v) is 9.40. The molecule has 0 saturated carbocycles. The standard InChI is InChI=1S/C19H24F2N4O2/c20-18(21)12-27-19-16-9-15(1-2-17(16)22-13-23-19)25-6-4-24(5-7-25)10-14-3-8-26-11-14/h1-2,9,13-14,18H,3-8,10-12H2. The summed E-state index contributed by atoms with van der Waals surface area (Å²) in [6.07, 6.45) is -0.0304. The van der Waals surface area contributed by atoms with Crippen LogP contribution in [0.4, 0.5) is 14.5 Å². The molecule has 146 valence electrons. The van der Waals surface area contributed by atoms with E-state index < -0.39 is 13.0 Å². The van der Waals surface area contributed by atoms with Crippen LogP contribution in [0.15, 0.2) is 24.5 Å². The molecule has 0 amide bonds. The minimum Gasteiger partial charge on any atom is -0.471 e. The fraction of sp³-hybridized carbons (Fsp3) is 0.579. The molecule has 1 atom stereocenters. The van der Waals surface area contributed by atoms with Gasteiger partial charge in [-0.1, -0.05) is 0 Å². The van der Waals surface area contributed by atoms with Gasteiger partial charge in [0.15, 0.2) is 6.61 Å². The van der Waals surface area contributed by atoms with Gasteiger partial charge in [0.1, 0.15) is 6.33 Å². The molecule has 1 aromatic heterocycles. The van der Waals surface area contributed by atoms with E-state index in [1.54, 1.807) is 0 Å². The molecule has 0 bridgehead atoms. The fourth-order valence-corrected chi connectivity index (χ4v) is 3.76. The van der Waals surface area contributed by atoms with Crippen LogP contribution in [-0.2, 0) is 4.74 Å². The van der Waals surface area contributed by atoms with Crippen LogP contribution in [0.5, 0.6) is 5.88 Å². The van der Waals surface area contributed by atoms with Gasteiger partial charge in [-0.2, -0.15) is 0 Å². The number of ether oxygens (including phenoxy) is 2. The summed E-state index contributed by atoms with van der Waals surface area (Å²) in [6, 6.07) is 5.85. The zero-order valence-corrected chi connectivity index (χ0v) is 15.2. The summed E-state index contributed by atoms with van der Waals surface area (Å²) in [5.41, 5.74) is 1.74. The van der Waals surface area contributed by atoms with Crippen LogP contribution in [0.25, 0.3) is 10.9 Å². The Hall–Kier alpha value is -2.06. The van der Waals surface area contributed by atoms with E-state index in [4.69, 9.17) is 9.47 Å². The van der Waals surface area contributed by atoms with Crippen LogP contribution in [0.3, 0.4) is 0 Å². The summed E-state index contributed by atoms with van der Waals surface area (Å²) >= 11 is 0. The maximum absolute atomic E-state index is 12.5. The van der Waals surface area contributed by atoms with E-state index in [2.05, 4.69) is 19.8 Å². The Labute approximate surface area is 157 Å². The van der Waals surface area contributed by atoms with Crippen LogP contribution >= 0.6 is 0 Å². The first kappa shape index (κ1) is 18.3. The molecule has 1 aromatic carbocycles. The highest BCUT2D eigenvalue weighted by atomic mass is 19.3. The molecule has 27 heavy (non-hydrogen) atoms. The molecular weight excluding hydrogens is 354 g/mol. The van der Waals surface area contributed by atoms with Gasteiger partial charge in [-0.15, -0.1) is 0 Å². The quantitative estimate of drug-likeness (QED) is 0.770. The zero-order valence-electron chi connectivity index (χ0n) is 15.2. The minimum absolute atomic E-state index is 0.210. The molecule has 0 radical (unpaired) electrons. The average molecular weight is 378 g/mol. The molecule has 2 aromatic rings. The third-order valence-corrected chi connectivity index (χ3v) is 5.21. The highest BCUT2D eigenvalue weighted by molar-refractivity contribution is 5.86. The Morgan fingerprint density at radius 3 is 2.78 bits per heavy atom. The van der Waals surface area contributed by atoms with Gasteiger partial charge in [-0.25, -0.2) is 18.7 Å². The Morgan fingerprint density at radius 2 is 2.04 bits per heavy atom. The highest BCUT2D eigenvalue weighted by Gasteiger charge is 2.23. The molecule has 2 aliphatic rings. The Morgan fingerprint density at radius 1 is 1.19 bits per heavy atom. The fourth-order valence-electron chi connectivity index (χ4n) is 3.76. The SMILES string of the molecule is FC(F)COc1ncnc2ccc(N3CCN(CC4CCOC4)CC3)cc12. The summed E-state index contributed by atoms with van der Waals surface area (Å²) in [6.45, 7) is 6.08. The highest BCUT2D eigenvalue weighted by Crippen LogP contribution is 2.28. The van der Waals surface area contributed by atoms with E-state index in [1.165, 1.54) is 6.33 Å². The molecule has 2 fully saturated rings. The molecular formula is C19H24F2N4O2. The number of benzene rings is 1. The summed E-state index contributed by atoms with van der Waals surface area (Å²) in [4.78, 5) is 13.0. The van der Waals surface area contributed by atoms with Gasteiger partial charge in [0.25, 0.3) is 6.43 Å². The molecule has 0 spiro atoms. The van der Waals surface area contributed by atoms with Crippen molar-refractivity contribution in [1.29, 1.82) is 0 Å². The van der Waals surface area contributed by atoms with Gasteiger partial charge in [-0.3, -0.25) is 4.90 Å². The van der Waals surface area contributed by atoms with Crippen molar-refractivity contribution < 1.29 is 18.3 Å². The molecule has 8 heteroatoms. The van der Waals surface area contributed by atoms with Gasteiger partial charge < -0.3 is 14.4 Å². The van der Waals surface area contributed by atoms with E-state index in [0.29, 0.717) is 16.8 Å². The number of fused-ring (bicyclic) bond motifs is 1. The second-order valence-electron chi connectivity index (χ2n) is 7.10. The largest absolute Gasteiger partial charge is 0.471 e. The van der Waals surface area contributed by atoms with Crippen molar-refractivity contribution in [2.45, 2.75) is 12.8 Å². The number of aromatic nitrogens is 2. The van der Waals surface area contributed by atoms with Crippen molar-refractivity contribution in [2.24, 2.45) is 5.92 Å². The summed E-state index contributed by atoms with van der Waals surface area (Å²) in [5.74, 6) is 0.867. The van der Waals surface area contributed by atoms with Crippen molar-refractivity contribution in [3.05, 3.63) is 24.5 Å². The number of rotatable bonds is 6. The van der Waals surface area contributed by atoms with Crippen LogP contribution < -0.4 is 9.64 Å². The average Bonchev–Trinajstić information content (AvgIpc) is 3.19. The lowest BCUT2D eigenvalue weighted by Gasteiger charge is -2.37. The first-order valence-electron chi connectivity index (χ1n) is 9.40. The third-order valence-electron chi connectivity index (χ3n) is 5.21. The first-order chi connectivity index (χ1) is 13.2. The van der Waals surface area contributed by atoms with Gasteiger partial charge in [0.2, 0.25) is 5.88 Å². The monoisotopic (exact) mass is 378 g/mol. The van der Waals surface area contributed by atoms with E-state index in [9.17, 15) is 8.78 Å². The summed E-state index contributed by atoms with van der Waals surface area (Å²) < 4.78 is 35.6. The van der Waals surface area contributed by atoms with Gasteiger partial charge >= 0.3 is 0 Å². The minimum atomic E-state index is -2.53. The molecule has 3 heterocycles. The van der Waals surface area contributed by atoms with Crippen molar-refractivity contribution in [1.82, 2.24) is 14.9 Å². The second kappa shape index (κ2) is 8.31. The number of nitrogens with zero attached hydrogens (tertiary/aromatic N) is 4. The maximum atomic E-state index is 12.5. The lowest BCUT2D eigenvalue weighted by Crippen LogP contribution is -2.47. The van der Waals surface area contributed by atoms with E-state index >= 15 is 0 Å². The number of piperazine rings is 1. The van der Waals surface area contributed by atoms with Crippen molar-refractivity contribution >= 4 is 16.6 Å². The van der Waals surface area contributed by atoms with Crippen molar-refractivity contribution in [3.63, 3.8) is 0 Å². The second-order valence-corrected chi connectivity index (χ2v) is 7.10. The van der Waals surface area contributed by atoms with E-state index in [-0.39, 0.29) is 5.88 Å². The number of hydrogen-bond donors (Lipinski definition) is 0. The van der Waals surface area contributed by atoms with Gasteiger partial charge in [0.05, 0.1) is 17.5 Å². The lowest BCUT2D eigenvalue weighted by molar-refractivity contribution is 0.0804. The Balaban J connectivity index is 1.43. The van der Waals surface area contributed by atoms with Gasteiger partial charge in [0, 0.05) is 45.0 Å². The van der Waals surface area contributed by atoms with Crippen molar-refractivity contribution in [2.75, 3.05) is 57.4 Å². The topological polar surface area (TPSA) is 50.7 Å². The normalized spacial score (nSPS) is 21.3.